The van der Waals surface area contributed by atoms with Crippen LogP contribution in [0.15, 0.2) is 48.5 Å². The number of ether oxygens (including phenoxy) is 2. The summed E-state index contributed by atoms with van der Waals surface area (Å²) in [6, 6.07) is 13.0. The van der Waals surface area contributed by atoms with Crippen LogP contribution in [0, 0.1) is 17.8 Å². The van der Waals surface area contributed by atoms with Crippen LogP contribution in [0.3, 0.4) is 0 Å². The maximum Gasteiger partial charge on any atom is 0.573 e. The fourth-order valence-electron chi connectivity index (χ4n) is 2.91. The molecule has 26 heavy (non-hydrogen) atoms. The molecule has 0 spiro atoms. The number of alkyl halides is 3. The van der Waals surface area contributed by atoms with Gasteiger partial charge in [-0.25, -0.2) is 0 Å². The molecule has 5 heteroatoms. The molecule has 1 aliphatic carbocycles. The van der Waals surface area contributed by atoms with Crippen LogP contribution >= 0.6 is 0 Å². The normalized spacial score (nSPS) is 14.6. The highest BCUT2D eigenvalue weighted by atomic mass is 19.4. The first-order valence-corrected chi connectivity index (χ1v) is 8.59. The van der Waals surface area contributed by atoms with Crippen LogP contribution in [0.25, 0.3) is 0 Å². The van der Waals surface area contributed by atoms with E-state index < -0.39 is 6.36 Å². The summed E-state index contributed by atoms with van der Waals surface area (Å²) in [5, 5.41) is 0. The molecule has 0 aromatic heterocycles. The summed E-state index contributed by atoms with van der Waals surface area (Å²) in [6.07, 6.45) is 0.402. The maximum atomic E-state index is 12.1. The minimum Gasteiger partial charge on any atom is -0.493 e. The summed E-state index contributed by atoms with van der Waals surface area (Å²) >= 11 is 0. The van der Waals surface area contributed by atoms with E-state index in [1.807, 2.05) is 24.3 Å². The quantitative estimate of drug-likeness (QED) is 0.665. The zero-order valence-corrected chi connectivity index (χ0v) is 14.2. The van der Waals surface area contributed by atoms with Gasteiger partial charge in [-0.3, -0.25) is 0 Å². The van der Waals surface area contributed by atoms with E-state index in [-0.39, 0.29) is 5.75 Å². The van der Waals surface area contributed by atoms with E-state index in [9.17, 15) is 13.2 Å². The lowest BCUT2D eigenvalue weighted by Crippen LogP contribution is -2.16. The third-order valence-electron chi connectivity index (χ3n) is 4.25. The molecule has 136 valence electrons. The van der Waals surface area contributed by atoms with Crippen LogP contribution in [-0.4, -0.2) is 13.0 Å². The molecule has 0 atom stereocenters. The Morgan fingerprint density at radius 3 is 1.81 bits per heavy atom. The van der Waals surface area contributed by atoms with Crippen LogP contribution in [0.1, 0.15) is 36.8 Å². The van der Waals surface area contributed by atoms with E-state index in [0.29, 0.717) is 11.5 Å². The second-order valence-corrected chi connectivity index (χ2v) is 6.31. The summed E-state index contributed by atoms with van der Waals surface area (Å²) in [7, 11) is 0. The second-order valence-electron chi connectivity index (χ2n) is 6.31. The predicted octanol–water partition coefficient (Wildman–Crippen LogP) is 5.55. The van der Waals surface area contributed by atoms with E-state index in [4.69, 9.17) is 4.74 Å². The Bertz CT molecular complexity index is 762. The standard InChI is InChI=1S/C21H19F3O2/c22-21(23,24)26-20-13-9-17(10-14-20)6-5-16-7-11-19(12-8-16)25-15-18-3-1-2-4-18/h7-14,18H,1-4,15H2. The van der Waals surface area contributed by atoms with Crippen molar-refractivity contribution >= 4 is 0 Å². The zero-order valence-electron chi connectivity index (χ0n) is 14.2. The highest BCUT2D eigenvalue weighted by Gasteiger charge is 2.30. The van der Waals surface area contributed by atoms with Gasteiger partial charge >= 0.3 is 6.36 Å². The summed E-state index contributed by atoms with van der Waals surface area (Å²) in [4.78, 5) is 0. The molecule has 2 aromatic carbocycles. The molecule has 0 aliphatic heterocycles. The molecule has 0 amide bonds. The molecule has 1 fully saturated rings. The van der Waals surface area contributed by atoms with Gasteiger partial charge in [-0.05, 0) is 67.3 Å². The van der Waals surface area contributed by atoms with E-state index in [0.717, 1.165) is 17.9 Å². The number of halogens is 3. The first kappa shape index (κ1) is 18.2. The monoisotopic (exact) mass is 360 g/mol. The van der Waals surface area contributed by atoms with Gasteiger partial charge in [-0.2, -0.15) is 0 Å². The fourth-order valence-corrected chi connectivity index (χ4v) is 2.91. The summed E-state index contributed by atoms with van der Waals surface area (Å²) in [5.74, 6) is 7.14. The Hall–Kier alpha value is -2.61. The van der Waals surface area contributed by atoms with Crippen LogP contribution in [0.5, 0.6) is 11.5 Å². The molecule has 1 aliphatic rings. The number of hydrogen-bond donors (Lipinski definition) is 0. The lowest BCUT2D eigenvalue weighted by Gasteiger charge is -2.11. The summed E-state index contributed by atoms with van der Waals surface area (Å²) in [6.45, 7) is 0.761. The smallest absolute Gasteiger partial charge is 0.493 e. The molecule has 0 bridgehead atoms. The van der Waals surface area contributed by atoms with Crippen molar-refractivity contribution in [3.63, 3.8) is 0 Å². The summed E-state index contributed by atoms with van der Waals surface area (Å²) < 4.78 is 46.0. The average molecular weight is 360 g/mol. The molecule has 2 nitrogen and oxygen atoms in total. The first-order chi connectivity index (χ1) is 12.5. The maximum absolute atomic E-state index is 12.1. The SMILES string of the molecule is FC(F)(F)Oc1ccc(C#Cc2ccc(OCC3CCCC3)cc2)cc1. The number of hydrogen-bond acceptors (Lipinski definition) is 2. The Morgan fingerprint density at radius 1 is 0.808 bits per heavy atom. The molecule has 0 N–H and O–H groups in total. The third kappa shape index (κ3) is 5.73. The van der Waals surface area contributed by atoms with Gasteiger partial charge in [0.15, 0.2) is 0 Å². The highest BCUT2D eigenvalue weighted by molar-refractivity contribution is 5.45. The van der Waals surface area contributed by atoms with Crippen molar-refractivity contribution in [2.45, 2.75) is 32.0 Å². The highest BCUT2D eigenvalue weighted by Crippen LogP contribution is 2.26. The van der Waals surface area contributed by atoms with Crippen molar-refractivity contribution in [3.8, 4) is 23.3 Å². The van der Waals surface area contributed by atoms with Gasteiger partial charge < -0.3 is 9.47 Å². The first-order valence-electron chi connectivity index (χ1n) is 8.59. The Labute approximate surface area is 150 Å². The molecule has 0 saturated heterocycles. The van der Waals surface area contributed by atoms with Crippen molar-refractivity contribution in [2.75, 3.05) is 6.61 Å². The third-order valence-corrected chi connectivity index (χ3v) is 4.25. The van der Waals surface area contributed by atoms with Crippen LogP contribution in [-0.2, 0) is 0 Å². The van der Waals surface area contributed by atoms with E-state index in [2.05, 4.69) is 16.6 Å². The molecular formula is C21H19F3O2. The van der Waals surface area contributed by atoms with Gasteiger partial charge in [0.1, 0.15) is 11.5 Å². The van der Waals surface area contributed by atoms with Crippen LogP contribution < -0.4 is 9.47 Å². The Kier molecular flexibility index (Phi) is 5.72. The number of rotatable bonds is 4. The molecule has 0 unspecified atom stereocenters. The van der Waals surface area contributed by atoms with E-state index >= 15 is 0 Å². The van der Waals surface area contributed by atoms with Gasteiger partial charge in [0, 0.05) is 11.1 Å². The minimum atomic E-state index is -4.69. The zero-order chi connectivity index (χ0) is 18.4. The van der Waals surface area contributed by atoms with Crippen LogP contribution in [0.4, 0.5) is 13.2 Å². The van der Waals surface area contributed by atoms with Gasteiger partial charge in [0.25, 0.3) is 0 Å². The van der Waals surface area contributed by atoms with Crippen LogP contribution in [0.2, 0.25) is 0 Å². The van der Waals surface area contributed by atoms with Crippen molar-refractivity contribution in [1.82, 2.24) is 0 Å². The van der Waals surface area contributed by atoms with E-state index in [1.54, 1.807) is 0 Å². The molecule has 0 radical (unpaired) electrons. The van der Waals surface area contributed by atoms with Gasteiger partial charge in [0.05, 0.1) is 6.61 Å². The molecular weight excluding hydrogens is 341 g/mol. The Balaban J connectivity index is 1.55. The lowest BCUT2D eigenvalue weighted by molar-refractivity contribution is -0.274. The topological polar surface area (TPSA) is 18.5 Å². The van der Waals surface area contributed by atoms with Crippen molar-refractivity contribution in [2.24, 2.45) is 5.92 Å². The second kappa shape index (κ2) is 8.18. The number of benzene rings is 2. The van der Waals surface area contributed by atoms with Crippen molar-refractivity contribution < 1.29 is 22.6 Å². The predicted molar refractivity (Wildman–Crippen MR) is 93.0 cm³/mol. The van der Waals surface area contributed by atoms with Gasteiger partial charge in [-0.15, -0.1) is 13.2 Å². The average Bonchev–Trinajstić information content (AvgIpc) is 3.12. The Morgan fingerprint density at radius 2 is 1.31 bits per heavy atom. The molecule has 3 rings (SSSR count). The van der Waals surface area contributed by atoms with Gasteiger partial charge in [0.2, 0.25) is 0 Å². The lowest BCUT2D eigenvalue weighted by atomic mass is 10.1. The molecule has 1 saturated carbocycles. The molecule has 2 aromatic rings. The largest absolute Gasteiger partial charge is 0.573 e. The van der Waals surface area contributed by atoms with E-state index in [1.165, 1.54) is 49.9 Å². The van der Waals surface area contributed by atoms with Crippen molar-refractivity contribution in [3.05, 3.63) is 59.7 Å². The molecule has 0 heterocycles. The van der Waals surface area contributed by atoms with Crippen molar-refractivity contribution in [1.29, 1.82) is 0 Å². The fraction of sp³-hybridized carbons (Fsp3) is 0.333. The summed E-state index contributed by atoms with van der Waals surface area (Å²) in [5.41, 5.74) is 1.43. The van der Waals surface area contributed by atoms with Gasteiger partial charge in [-0.1, -0.05) is 24.7 Å². The minimum absolute atomic E-state index is 0.258.